The van der Waals surface area contributed by atoms with Crippen LogP contribution in [0.5, 0.6) is 6.01 Å². The molecule has 0 saturated heterocycles. The molecule has 20 heavy (non-hydrogen) atoms. The Morgan fingerprint density at radius 1 is 1.35 bits per heavy atom. The van der Waals surface area contributed by atoms with E-state index in [1.54, 1.807) is 6.92 Å². The lowest BCUT2D eigenvalue weighted by Gasteiger charge is -2.12. The van der Waals surface area contributed by atoms with Gasteiger partial charge in [-0.15, -0.1) is 0 Å². The van der Waals surface area contributed by atoms with Crippen molar-refractivity contribution in [2.45, 2.75) is 13.5 Å². The van der Waals surface area contributed by atoms with Crippen molar-refractivity contribution in [3.8, 4) is 6.01 Å². The van der Waals surface area contributed by atoms with Crippen molar-refractivity contribution in [2.24, 2.45) is 0 Å². The van der Waals surface area contributed by atoms with Gasteiger partial charge in [-0.25, -0.2) is 4.98 Å². The number of aryl methyl sites for hydroxylation is 1. The van der Waals surface area contributed by atoms with Gasteiger partial charge < -0.3 is 10.1 Å². The van der Waals surface area contributed by atoms with Crippen molar-refractivity contribution >= 4 is 17.3 Å². The van der Waals surface area contributed by atoms with Crippen molar-refractivity contribution in [2.75, 3.05) is 19.0 Å². The van der Waals surface area contributed by atoms with Crippen LogP contribution in [-0.4, -0.2) is 23.2 Å². The third kappa shape index (κ3) is 3.51. The minimum atomic E-state index is -0.118. The summed E-state index contributed by atoms with van der Waals surface area (Å²) in [6.45, 7) is 2.82. The summed E-state index contributed by atoms with van der Waals surface area (Å²) in [4.78, 5) is 16.1. The van der Waals surface area contributed by atoms with Crippen LogP contribution in [-0.2, 0) is 6.54 Å². The predicted molar refractivity (Wildman–Crippen MR) is 79.7 cm³/mol. The number of aromatic nitrogens is 2. The number of ether oxygens (including phenoxy) is 1. The molecular weight excluding hydrogens is 278 g/mol. The largest absolute Gasteiger partial charge is 0.468 e. The zero-order valence-electron chi connectivity index (χ0n) is 11.4. The average molecular weight is 294 g/mol. The van der Waals surface area contributed by atoms with Crippen LogP contribution in [0.4, 0.5) is 5.69 Å². The fourth-order valence-electron chi connectivity index (χ4n) is 1.84. The van der Waals surface area contributed by atoms with Crippen LogP contribution in [0.15, 0.2) is 35.1 Å². The Labute approximate surface area is 122 Å². The van der Waals surface area contributed by atoms with Crippen LogP contribution in [0.2, 0.25) is 5.02 Å². The van der Waals surface area contributed by atoms with E-state index in [-0.39, 0.29) is 5.56 Å². The van der Waals surface area contributed by atoms with Gasteiger partial charge in [0.05, 0.1) is 7.11 Å². The number of anilines is 1. The highest BCUT2D eigenvalue weighted by atomic mass is 35.5. The molecule has 6 heteroatoms. The van der Waals surface area contributed by atoms with Gasteiger partial charge in [-0.3, -0.25) is 9.36 Å². The van der Waals surface area contributed by atoms with Gasteiger partial charge in [0, 0.05) is 35.6 Å². The minimum absolute atomic E-state index is 0.118. The molecule has 0 aliphatic heterocycles. The van der Waals surface area contributed by atoms with Gasteiger partial charge in [-0.05, 0) is 31.2 Å². The highest BCUT2D eigenvalue weighted by Crippen LogP contribution is 2.13. The average Bonchev–Trinajstić information content (AvgIpc) is 2.42. The molecule has 0 radical (unpaired) electrons. The third-order valence-corrected chi connectivity index (χ3v) is 3.04. The van der Waals surface area contributed by atoms with Crippen molar-refractivity contribution < 1.29 is 4.74 Å². The first-order valence-corrected chi connectivity index (χ1v) is 6.60. The van der Waals surface area contributed by atoms with Crippen LogP contribution in [0.25, 0.3) is 0 Å². The summed E-state index contributed by atoms with van der Waals surface area (Å²) < 4.78 is 6.63. The van der Waals surface area contributed by atoms with E-state index >= 15 is 0 Å². The van der Waals surface area contributed by atoms with Gasteiger partial charge in [-0.2, -0.15) is 0 Å². The zero-order chi connectivity index (χ0) is 14.5. The van der Waals surface area contributed by atoms with E-state index in [0.29, 0.717) is 29.8 Å². The second kappa shape index (κ2) is 6.43. The normalized spacial score (nSPS) is 10.3. The molecule has 5 nitrogen and oxygen atoms in total. The molecule has 0 atom stereocenters. The predicted octanol–water partition coefficient (Wildman–Crippen LogP) is 2.33. The summed E-state index contributed by atoms with van der Waals surface area (Å²) in [5.74, 6) is 0. The summed E-state index contributed by atoms with van der Waals surface area (Å²) in [5, 5.41) is 3.90. The maximum Gasteiger partial charge on any atom is 0.299 e. The van der Waals surface area contributed by atoms with Crippen LogP contribution in [0, 0.1) is 6.92 Å². The highest BCUT2D eigenvalue weighted by molar-refractivity contribution is 6.30. The minimum Gasteiger partial charge on any atom is -0.468 e. The summed E-state index contributed by atoms with van der Waals surface area (Å²) in [6, 6.07) is 9.21. The van der Waals surface area contributed by atoms with Crippen LogP contribution in [0.1, 0.15) is 5.69 Å². The van der Waals surface area contributed by atoms with Crippen molar-refractivity contribution in [1.29, 1.82) is 0 Å². The molecule has 0 saturated carbocycles. The fourth-order valence-corrected chi connectivity index (χ4v) is 1.96. The van der Waals surface area contributed by atoms with Gasteiger partial charge in [0.2, 0.25) is 0 Å². The molecule has 0 bridgehead atoms. The highest BCUT2D eigenvalue weighted by Gasteiger charge is 2.06. The Morgan fingerprint density at radius 2 is 2.05 bits per heavy atom. The number of hydrogen-bond acceptors (Lipinski definition) is 4. The number of rotatable bonds is 5. The van der Waals surface area contributed by atoms with Crippen LogP contribution >= 0.6 is 11.6 Å². The Kier molecular flexibility index (Phi) is 4.63. The van der Waals surface area contributed by atoms with Crippen LogP contribution < -0.4 is 15.6 Å². The maximum atomic E-state index is 11.9. The monoisotopic (exact) mass is 293 g/mol. The fraction of sp³-hybridized carbons (Fsp3) is 0.286. The van der Waals surface area contributed by atoms with E-state index in [1.807, 2.05) is 24.3 Å². The Bertz CT molecular complexity index is 638. The van der Waals surface area contributed by atoms with Gasteiger partial charge in [0.1, 0.15) is 0 Å². The number of halogens is 1. The smallest absolute Gasteiger partial charge is 0.299 e. The van der Waals surface area contributed by atoms with Gasteiger partial charge in [-0.1, -0.05) is 11.6 Å². The van der Waals surface area contributed by atoms with Crippen LogP contribution in [0.3, 0.4) is 0 Å². The van der Waals surface area contributed by atoms with E-state index < -0.39 is 0 Å². The Balaban J connectivity index is 2.04. The van der Waals surface area contributed by atoms with E-state index in [2.05, 4.69) is 10.3 Å². The quantitative estimate of drug-likeness (QED) is 0.919. The van der Waals surface area contributed by atoms with Gasteiger partial charge in [0.25, 0.3) is 11.6 Å². The summed E-state index contributed by atoms with van der Waals surface area (Å²) in [5.41, 5.74) is 1.47. The maximum absolute atomic E-state index is 11.9. The molecule has 0 unspecified atom stereocenters. The second-order valence-corrected chi connectivity index (χ2v) is 4.74. The first-order chi connectivity index (χ1) is 9.60. The Hall–Kier alpha value is -2.01. The summed E-state index contributed by atoms with van der Waals surface area (Å²) >= 11 is 5.82. The van der Waals surface area contributed by atoms with Crippen molar-refractivity contribution in [3.63, 3.8) is 0 Å². The first kappa shape index (κ1) is 14.4. The first-order valence-electron chi connectivity index (χ1n) is 6.22. The standard InChI is InChI=1S/C14H16ClN3O2/c1-10-9-13(19)18(14(17-10)20-2)8-7-16-12-5-3-11(15)4-6-12/h3-6,9,16H,7-8H2,1-2H3. The molecule has 1 heterocycles. The molecule has 1 aromatic heterocycles. The van der Waals surface area contributed by atoms with E-state index in [0.717, 1.165) is 5.69 Å². The molecule has 0 aliphatic carbocycles. The molecule has 0 spiro atoms. The molecule has 1 aromatic carbocycles. The number of hydrogen-bond donors (Lipinski definition) is 1. The lowest BCUT2D eigenvalue weighted by Crippen LogP contribution is -2.25. The lowest BCUT2D eigenvalue weighted by atomic mass is 10.3. The van der Waals surface area contributed by atoms with Crippen molar-refractivity contribution in [3.05, 3.63) is 51.4 Å². The number of nitrogens with zero attached hydrogens (tertiary/aromatic N) is 2. The molecule has 1 N–H and O–H groups in total. The molecule has 0 fully saturated rings. The topological polar surface area (TPSA) is 56.1 Å². The van der Waals surface area contributed by atoms with Crippen molar-refractivity contribution in [1.82, 2.24) is 9.55 Å². The van der Waals surface area contributed by atoms with E-state index in [1.165, 1.54) is 17.7 Å². The van der Waals surface area contributed by atoms with E-state index in [9.17, 15) is 4.79 Å². The lowest BCUT2D eigenvalue weighted by molar-refractivity contribution is 0.346. The van der Waals surface area contributed by atoms with Gasteiger partial charge in [0.15, 0.2) is 0 Å². The molecule has 2 rings (SSSR count). The number of methoxy groups -OCH3 is 1. The molecule has 106 valence electrons. The molecule has 0 aliphatic rings. The van der Waals surface area contributed by atoms with Gasteiger partial charge >= 0.3 is 0 Å². The SMILES string of the molecule is COc1nc(C)cc(=O)n1CCNc1ccc(Cl)cc1. The van der Waals surface area contributed by atoms with E-state index in [4.69, 9.17) is 16.3 Å². The second-order valence-electron chi connectivity index (χ2n) is 4.31. The molecule has 2 aromatic rings. The zero-order valence-corrected chi connectivity index (χ0v) is 12.1. The third-order valence-electron chi connectivity index (χ3n) is 2.79. The Morgan fingerprint density at radius 3 is 2.70 bits per heavy atom. The summed E-state index contributed by atoms with van der Waals surface area (Å²) in [6.07, 6.45) is 0. The summed E-state index contributed by atoms with van der Waals surface area (Å²) in [7, 11) is 1.50. The number of nitrogens with one attached hydrogen (secondary N) is 1. The molecular formula is C14H16ClN3O2. The molecule has 0 amide bonds. The number of benzene rings is 1.